The zero-order chi connectivity index (χ0) is 16.6. The van der Waals surface area contributed by atoms with Gasteiger partial charge in [0, 0.05) is 6.54 Å². The topological polar surface area (TPSA) is 84.9 Å². The smallest absolute Gasteiger partial charge is 0.407 e. The summed E-state index contributed by atoms with van der Waals surface area (Å²) in [6, 6.07) is 7.33. The first-order valence-corrected chi connectivity index (χ1v) is 7.16. The third-order valence-corrected chi connectivity index (χ3v) is 2.59. The van der Waals surface area contributed by atoms with E-state index in [0.29, 0.717) is 18.7 Å². The van der Waals surface area contributed by atoms with Crippen LogP contribution in [0.4, 0.5) is 4.79 Å². The number of carbonyl (C=O) groups excluding carboxylic acids is 1. The Kier molecular flexibility index (Phi) is 6.69. The molecular weight excluding hydrogens is 286 g/mol. The van der Waals surface area contributed by atoms with Gasteiger partial charge in [0.15, 0.2) is 0 Å². The van der Waals surface area contributed by atoms with E-state index in [2.05, 4.69) is 5.32 Å². The molecular formula is C16H23NO5. The number of rotatable bonds is 7. The maximum absolute atomic E-state index is 11.5. The molecule has 0 atom stereocenters. The van der Waals surface area contributed by atoms with Gasteiger partial charge in [0.05, 0.1) is 13.0 Å². The van der Waals surface area contributed by atoms with Crippen LogP contribution >= 0.6 is 0 Å². The minimum Gasteiger partial charge on any atom is -0.493 e. The van der Waals surface area contributed by atoms with Crippen LogP contribution in [0.5, 0.6) is 5.75 Å². The molecule has 1 rings (SSSR count). The quantitative estimate of drug-likeness (QED) is 0.808. The second-order valence-corrected chi connectivity index (χ2v) is 5.81. The molecule has 0 aliphatic rings. The van der Waals surface area contributed by atoms with Crippen LogP contribution < -0.4 is 10.1 Å². The van der Waals surface area contributed by atoms with Crippen molar-refractivity contribution in [1.82, 2.24) is 5.32 Å². The molecule has 6 heteroatoms. The average Bonchev–Trinajstić information content (AvgIpc) is 2.38. The van der Waals surface area contributed by atoms with E-state index in [4.69, 9.17) is 14.6 Å². The standard InChI is InChI=1S/C16H23NO5/c1-16(2,3)22-15(20)17-10-8-12-4-6-13(7-5-12)21-11-9-14(18)19/h4-7H,8-11H2,1-3H3,(H,17,20)(H,18,19). The van der Waals surface area contributed by atoms with Crippen LogP contribution in [0.25, 0.3) is 0 Å². The van der Waals surface area contributed by atoms with Gasteiger partial charge < -0.3 is 19.9 Å². The molecule has 0 spiro atoms. The van der Waals surface area contributed by atoms with Gasteiger partial charge in [0.2, 0.25) is 0 Å². The lowest BCUT2D eigenvalue weighted by Crippen LogP contribution is -2.33. The third kappa shape index (κ3) is 8.14. The zero-order valence-electron chi connectivity index (χ0n) is 13.2. The molecule has 1 aromatic carbocycles. The van der Waals surface area contributed by atoms with Crippen molar-refractivity contribution >= 4 is 12.1 Å². The van der Waals surface area contributed by atoms with Crippen molar-refractivity contribution in [3.05, 3.63) is 29.8 Å². The van der Waals surface area contributed by atoms with Crippen molar-refractivity contribution in [1.29, 1.82) is 0 Å². The number of carbonyl (C=O) groups is 2. The van der Waals surface area contributed by atoms with Gasteiger partial charge in [-0.3, -0.25) is 4.79 Å². The number of hydrogen-bond acceptors (Lipinski definition) is 4. The molecule has 0 aliphatic heterocycles. The Bertz CT molecular complexity index is 490. The van der Waals surface area contributed by atoms with Gasteiger partial charge in [0.1, 0.15) is 11.4 Å². The Morgan fingerprint density at radius 2 is 1.82 bits per heavy atom. The fourth-order valence-electron chi connectivity index (χ4n) is 1.63. The Morgan fingerprint density at radius 1 is 1.18 bits per heavy atom. The number of amides is 1. The van der Waals surface area contributed by atoms with Gasteiger partial charge in [-0.2, -0.15) is 0 Å². The molecule has 0 bridgehead atoms. The molecule has 2 N–H and O–H groups in total. The summed E-state index contributed by atoms with van der Waals surface area (Å²) in [4.78, 5) is 21.9. The number of ether oxygens (including phenoxy) is 2. The Morgan fingerprint density at radius 3 is 2.36 bits per heavy atom. The zero-order valence-corrected chi connectivity index (χ0v) is 13.2. The molecule has 0 unspecified atom stereocenters. The predicted molar refractivity (Wildman–Crippen MR) is 82.1 cm³/mol. The first kappa shape index (κ1) is 17.8. The van der Waals surface area contributed by atoms with Crippen molar-refractivity contribution in [2.45, 2.75) is 39.2 Å². The lowest BCUT2D eigenvalue weighted by atomic mass is 10.1. The molecule has 0 fully saturated rings. The summed E-state index contributed by atoms with van der Waals surface area (Å²) in [6.45, 7) is 6.07. The highest BCUT2D eigenvalue weighted by Gasteiger charge is 2.15. The Labute approximate surface area is 130 Å². The van der Waals surface area contributed by atoms with Crippen LogP contribution in [0, 0.1) is 0 Å². The first-order chi connectivity index (χ1) is 10.3. The summed E-state index contributed by atoms with van der Waals surface area (Å²) in [5.41, 5.74) is 0.542. The normalized spacial score (nSPS) is 10.9. The number of alkyl carbamates (subject to hydrolysis) is 1. The highest BCUT2D eigenvalue weighted by Crippen LogP contribution is 2.13. The number of benzene rings is 1. The van der Waals surface area contributed by atoms with Crippen molar-refractivity contribution in [3.63, 3.8) is 0 Å². The molecule has 0 heterocycles. The Hall–Kier alpha value is -2.24. The van der Waals surface area contributed by atoms with E-state index in [9.17, 15) is 9.59 Å². The highest BCUT2D eigenvalue weighted by molar-refractivity contribution is 5.67. The van der Waals surface area contributed by atoms with Crippen molar-refractivity contribution in [2.75, 3.05) is 13.2 Å². The van der Waals surface area contributed by atoms with Crippen molar-refractivity contribution in [3.8, 4) is 5.75 Å². The summed E-state index contributed by atoms with van der Waals surface area (Å²) in [5, 5.41) is 11.2. The molecule has 1 aromatic rings. The molecule has 22 heavy (non-hydrogen) atoms. The number of hydrogen-bond donors (Lipinski definition) is 2. The van der Waals surface area contributed by atoms with Crippen LogP contribution in [0.15, 0.2) is 24.3 Å². The van der Waals surface area contributed by atoms with Gasteiger partial charge in [-0.05, 0) is 44.9 Å². The van der Waals surface area contributed by atoms with E-state index >= 15 is 0 Å². The number of nitrogens with one attached hydrogen (secondary N) is 1. The van der Waals surface area contributed by atoms with Crippen molar-refractivity contribution < 1.29 is 24.2 Å². The Balaban J connectivity index is 2.29. The van der Waals surface area contributed by atoms with E-state index in [-0.39, 0.29) is 13.0 Å². The number of carboxylic acids is 1. The van der Waals surface area contributed by atoms with Crippen LogP contribution in [0.3, 0.4) is 0 Å². The number of carboxylic acid groups (broad SMARTS) is 1. The largest absolute Gasteiger partial charge is 0.493 e. The number of aliphatic carboxylic acids is 1. The SMILES string of the molecule is CC(C)(C)OC(=O)NCCc1ccc(OCCC(=O)O)cc1. The van der Waals surface area contributed by atoms with E-state index in [1.54, 1.807) is 12.1 Å². The molecule has 122 valence electrons. The van der Waals surface area contributed by atoms with Gasteiger partial charge in [-0.1, -0.05) is 12.1 Å². The maximum Gasteiger partial charge on any atom is 0.407 e. The van der Waals surface area contributed by atoms with E-state index in [1.807, 2.05) is 32.9 Å². The van der Waals surface area contributed by atoms with Gasteiger partial charge in [-0.15, -0.1) is 0 Å². The van der Waals surface area contributed by atoms with Gasteiger partial charge in [0.25, 0.3) is 0 Å². The van der Waals surface area contributed by atoms with Crippen LogP contribution in [0.1, 0.15) is 32.8 Å². The minimum absolute atomic E-state index is 0.0262. The predicted octanol–water partition coefficient (Wildman–Crippen LogP) is 2.61. The highest BCUT2D eigenvalue weighted by atomic mass is 16.6. The molecule has 6 nitrogen and oxygen atoms in total. The molecule has 0 saturated heterocycles. The second-order valence-electron chi connectivity index (χ2n) is 5.81. The molecule has 0 aromatic heterocycles. The van der Waals surface area contributed by atoms with E-state index in [0.717, 1.165) is 5.56 Å². The first-order valence-electron chi connectivity index (χ1n) is 7.16. The van der Waals surface area contributed by atoms with Crippen LogP contribution in [-0.4, -0.2) is 35.9 Å². The summed E-state index contributed by atoms with van der Waals surface area (Å²) in [7, 11) is 0. The molecule has 0 radical (unpaired) electrons. The summed E-state index contributed by atoms with van der Waals surface area (Å²) >= 11 is 0. The fourth-order valence-corrected chi connectivity index (χ4v) is 1.63. The minimum atomic E-state index is -0.884. The summed E-state index contributed by atoms with van der Waals surface area (Å²) in [6.07, 6.45) is 0.220. The van der Waals surface area contributed by atoms with Crippen LogP contribution in [0.2, 0.25) is 0 Å². The molecule has 0 saturated carbocycles. The maximum atomic E-state index is 11.5. The lowest BCUT2D eigenvalue weighted by Gasteiger charge is -2.19. The molecule has 1 amide bonds. The molecule has 0 aliphatic carbocycles. The summed E-state index contributed by atoms with van der Waals surface area (Å²) in [5.74, 6) is -0.255. The van der Waals surface area contributed by atoms with Gasteiger partial charge >= 0.3 is 12.1 Å². The lowest BCUT2D eigenvalue weighted by molar-refractivity contribution is -0.137. The van der Waals surface area contributed by atoms with E-state index in [1.165, 1.54) is 0 Å². The van der Waals surface area contributed by atoms with Crippen molar-refractivity contribution in [2.24, 2.45) is 0 Å². The third-order valence-electron chi connectivity index (χ3n) is 2.59. The monoisotopic (exact) mass is 309 g/mol. The summed E-state index contributed by atoms with van der Waals surface area (Å²) < 4.78 is 10.4. The fraction of sp³-hybridized carbons (Fsp3) is 0.500. The van der Waals surface area contributed by atoms with E-state index < -0.39 is 17.7 Å². The second kappa shape index (κ2) is 8.26. The van der Waals surface area contributed by atoms with Gasteiger partial charge in [-0.25, -0.2) is 4.79 Å². The average molecular weight is 309 g/mol. The van der Waals surface area contributed by atoms with Crippen LogP contribution in [-0.2, 0) is 16.0 Å².